The number of esters is 1. The van der Waals surface area contributed by atoms with Crippen LogP contribution in [0.4, 0.5) is 4.79 Å². The van der Waals surface area contributed by atoms with Crippen LogP contribution >= 0.6 is 0 Å². The van der Waals surface area contributed by atoms with Gasteiger partial charge in [-0.2, -0.15) is 0 Å². The number of fused-ring (bicyclic) bond motifs is 2. The van der Waals surface area contributed by atoms with Crippen LogP contribution in [0.25, 0.3) is 0 Å². The normalized spacial score (nSPS) is 38.2. The minimum atomic E-state index is -0.962. The molecule has 3 N–H and O–H groups in total. The lowest BCUT2D eigenvalue weighted by Gasteiger charge is -2.35. The first-order chi connectivity index (χ1) is 9.65. The second-order valence-corrected chi connectivity index (χ2v) is 6.77. The van der Waals surface area contributed by atoms with Gasteiger partial charge in [0.1, 0.15) is 5.60 Å². The zero-order valence-electron chi connectivity index (χ0n) is 12.7. The van der Waals surface area contributed by atoms with Crippen LogP contribution in [0.1, 0.15) is 27.2 Å². The number of methoxy groups -OCH3 is 1. The van der Waals surface area contributed by atoms with Gasteiger partial charge in [0.05, 0.1) is 31.3 Å². The van der Waals surface area contributed by atoms with E-state index in [0.29, 0.717) is 6.42 Å². The lowest BCUT2D eigenvalue weighted by Crippen LogP contribution is -2.55. The van der Waals surface area contributed by atoms with Gasteiger partial charge in [-0.05, 0) is 27.2 Å². The van der Waals surface area contributed by atoms with Crippen LogP contribution in [-0.4, -0.2) is 53.2 Å². The largest absolute Gasteiger partial charge is 0.469 e. The van der Waals surface area contributed by atoms with Gasteiger partial charge in [-0.25, -0.2) is 4.79 Å². The number of aliphatic hydroxyl groups excluding tert-OH is 2. The molecule has 2 saturated carbocycles. The third kappa shape index (κ3) is 2.98. The number of alkyl carbamates (subject to hydrolysis) is 1. The predicted octanol–water partition coefficient (Wildman–Crippen LogP) is 0.0404. The summed E-state index contributed by atoms with van der Waals surface area (Å²) in [5, 5.41) is 22.6. The summed E-state index contributed by atoms with van der Waals surface area (Å²) in [5.74, 6) is -1.93. The number of nitrogens with one attached hydrogen (secondary N) is 1. The van der Waals surface area contributed by atoms with Crippen LogP contribution in [0.5, 0.6) is 0 Å². The van der Waals surface area contributed by atoms with Crippen LogP contribution in [-0.2, 0) is 14.3 Å². The maximum atomic E-state index is 11.9. The summed E-state index contributed by atoms with van der Waals surface area (Å²) in [6.07, 6.45) is -2.08. The Kier molecular flexibility index (Phi) is 4.17. The lowest BCUT2D eigenvalue weighted by molar-refractivity contribution is -0.152. The molecule has 120 valence electrons. The van der Waals surface area contributed by atoms with Gasteiger partial charge >= 0.3 is 12.1 Å². The molecule has 21 heavy (non-hydrogen) atoms. The monoisotopic (exact) mass is 301 g/mol. The summed E-state index contributed by atoms with van der Waals surface area (Å²) in [4.78, 5) is 23.8. The summed E-state index contributed by atoms with van der Waals surface area (Å²) in [5.41, 5.74) is -0.652. The molecule has 0 unspecified atom stereocenters. The summed E-state index contributed by atoms with van der Waals surface area (Å²) < 4.78 is 9.94. The molecule has 2 rings (SSSR count). The van der Waals surface area contributed by atoms with Gasteiger partial charge in [-0.15, -0.1) is 0 Å². The van der Waals surface area contributed by atoms with Gasteiger partial charge in [0.2, 0.25) is 0 Å². The highest BCUT2D eigenvalue weighted by molar-refractivity contribution is 5.76. The van der Waals surface area contributed by atoms with Gasteiger partial charge in [-0.3, -0.25) is 4.79 Å². The van der Waals surface area contributed by atoms with E-state index in [0.717, 1.165) is 0 Å². The Morgan fingerprint density at radius 2 is 1.71 bits per heavy atom. The minimum absolute atomic E-state index is 0.374. The van der Waals surface area contributed by atoms with E-state index in [-0.39, 0.29) is 5.92 Å². The molecular formula is C14H23NO6. The van der Waals surface area contributed by atoms with Crippen molar-refractivity contribution in [1.82, 2.24) is 5.32 Å². The van der Waals surface area contributed by atoms with Crippen molar-refractivity contribution in [2.75, 3.05) is 7.11 Å². The zero-order valence-corrected chi connectivity index (χ0v) is 12.7. The first kappa shape index (κ1) is 16.0. The molecule has 0 aromatic carbocycles. The van der Waals surface area contributed by atoms with E-state index in [1.807, 2.05) is 0 Å². The molecule has 0 heterocycles. The SMILES string of the molecule is COC(=O)[C@H]1[C@H]2C[C@H]([C@H](O)[C@@H]2O)[C@H]1NC(=O)OC(C)(C)C. The number of carbonyl (C=O) groups excluding carboxylic acids is 2. The van der Waals surface area contributed by atoms with Crippen LogP contribution in [0.3, 0.4) is 0 Å². The van der Waals surface area contributed by atoms with E-state index in [9.17, 15) is 19.8 Å². The van der Waals surface area contributed by atoms with Gasteiger partial charge in [0.25, 0.3) is 0 Å². The minimum Gasteiger partial charge on any atom is -0.469 e. The molecule has 0 aromatic rings. The number of ether oxygens (including phenoxy) is 2. The smallest absolute Gasteiger partial charge is 0.407 e. The highest BCUT2D eigenvalue weighted by Gasteiger charge is 2.60. The molecule has 7 heteroatoms. The van der Waals surface area contributed by atoms with E-state index in [1.54, 1.807) is 20.8 Å². The molecule has 2 aliphatic rings. The Morgan fingerprint density at radius 1 is 1.14 bits per heavy atom. The molecule has 2 bridgehead atoms. The van der Waals surface area contributed by atoms with Crippen molar-refractivity contribution < 1.29 is 29.3 Å². The van der Waals surface area contributed by atoms with E-state index >= 15 is 0 Å². The summed E-state index contributed by atoms with van der Waals surface area (Å²) in [6, 6.07) is -0.587. The van der Waals surface area contributed by atoms with E-state index in [4.69, 9.17) is 9.47 Å². The number of carbonyl (C=O) groups is 2. The first-order valence-corrected chi connectivity index (χ1v) is 7.09. The van der Waals surface area contributed by atoms with Crippen LogP contribution in [0.15, 0.2) is 0 Å². The average molecular weight is 301 g/mol. The fourth-order valence-electron chi connectivity index (χ4n) is 3.45. The fourth-order valence-corrected chi connectivity index (χ4v) is 3.45. The Bertz CT molecular complexity index is 432. The van der Waals surface area contributed by atoms with Crippen molar-refractivity contribution in [2.45, 2.75) is 51.0 Å². The molecule has 0 saturated heterocycles. The average Bonchev–Trinajstić information content (AvgIpc) is 2.84. The molecule has 0 radical (unpaired) electrons. The van der Waals surface area contributed by atoms with Gasteiger partial charge in [0.15, 0.2) is 0 Å². The van der Waals surface area contributed by atoms with E-state index in [2.05, 4.69) is 5.32 Å². The Labute approximate surface area is 123 Å². The molecule has 0 spiro atoms. The van der Waals surface area contributed by atoms with Crippen LogP contribution < -0.4 is 5.32 Å². The fraction of sp³-hybridized carbons (Fsp3) is 0.857. The van der Waals surface area contributed by atoms with Crippen molar-refractivity contribution in [3.63, 3.8) is 0 Å². The number of amides is 1. The highest BCUT2D eigenvalue weighted by Crippen LogP contribution is 2.49. The quantitative estimate of drug-likeness (QED) is 0.622. The van der Waals surface area contributed by atoms with E-state index < -0.39 is 47.7 Å². The number of aliphatic hydroxyl groups is 2. The van der Waals surface area contributed by atoms with Crippen molar-refractivity contribution in [1.29, 1.82) is 0 Å². The molecule has 0 aliphatic heterocycles. The Hall–Kier alpha value is -1.34. The topological polar surface area (TPSA) is 105 Å². The number of hydrogen-bond acceptors (Lipinski definition) is 6. The second kappa shape index (κ2) is 5.46. The highest BCUT2D eigenvalue weighted by atomic mass is 16.6. The maximum Gasteiger partial charge on any atom is 0.407 e. The maximum absolute atomic E-state index is 11.9. The summed E-state index contributed by atoms with van der Waals surface area (Å²) in [6.45, 7) is 5.22. The molecular weight excluding hydrogens is 278 g/mol. The Balaban J connectivity index is 2.13. The lowest BCUT2D eigenvalue weighted by atomic mass is 9.81. The van der Waals surface area contributed by atoms with Crippen molar-refractivity contribution in [2.24, 2.45) is 17.8 Å². The van der Waals surface area contributed by atoms with Gasteiger partial charge < -0.3 is 25.0 Å². The first-order valence-electron chi connectivity index (χ1n) is 7.09. The molecule has 2 aliphatic carbocycles. The summed E-state index contributed by atoms with van der Waals surface area (Å²) >= 11 is 0. The molecule has 7 nitrogen and oxygen atoms in total. The second-order valence-electron chi connectivity index (χ2n) is 6.77. The zero-order chi connectivity index (χ0) is 15.9. The standard InChI is InChI=1S/C14H23NO6/c1-14(2,3)21-13(19)15-9-7-5-6(10(16)11(7)17)8(9)12(18)20-4/h6-11,16-17H,5H2,1-4H3,(H,15,19)/t6-,7+,8+,9-,10-,11+/m1/s1. The molecule has 6 atom stereocenters. The van der Waals surface area contributed by atoms with Crippen molar-refractivity contribution in [3.05, 3.63) is 0 Å². The van der Waals surface area contributed by atoms with Crippen LogP contribution in [0, 0.1) is 17.8 Å². The van der Waals surface area contributed by atoms with Crippen LogP contribution in [0.2, 0.25) is 0 Å². The third-order valence-electron chi connectivity index (χ3n) is 4.24. The van der Waals surface area contributed by atoms with E-state index in [1.165, 1.54) is 7.11 Å². The Morgan fingerprint density at radius 3 is 2.24 bits per heavy atom. The third-order valence-corrected chi connectivity index (χ3v) is 4.24. The molecule has 0 aromatic heterocycles. The molecule has 2 fully saturated rings. The predicted molar refractivity (Wildman–Crippen MR) is 72.3 cm³/mol. The van der Waals surface area contributed by atoms with Crippen molar-refractivity contribution >= 4 is 12.1 Å². The molecule has 1 amide bonds. The summed E-state index contributed by atoms with van der Waals surface area (Å²) in [7, 11) is 1.27. The number of hydrogen-bond donors (Lipinski definition) is 3. The van der Waals surface area contributed by atoms with Gasteiger partial charge in [-0.1, -0.05) is 0 Å². The number of rotatable bonds is 2. The van der Waals surface area contributed by atoms with Gasteiger partial charge in [0, 0.05) is 11.8 Å². The van der Waals surface area contributed by atoms with Crippen molar-refractivity contribution in [3.8, 4) is 0 Å².